The summed E-state index contributed by atoms with van der Waals surface area (Å²) >= 11 is 0. The minimum absolute atomic E-state index is 0.0630. The van der Waals surface area contributed by atoms with Crippen LogP contribution in [-0.4, -0.2) is 35.3 Å². The van der Waals surface area contributed by atoms with Gasteiger partial charge >= 0.3 is 5.97 Å². The number of aliphatic hydroxyl groups excluding tert-OH is 1. The molecule has 1 fully saturated rings. The van der Waals surface area contributed by atoms with Crippen LogP contribution in [0.1, 0.15) is 43.7 Å². The number of fused-ring (bicyclic) bond motifs is 4. The summed E-state index contributed by atoms with van der Waals surface area (Å²) in [5.41, 5.74) is 2.54. The first kappa shape index (κ1) is 16.3. The molecule has 5 atom stereocenters. The lowest BCUT2D eigenvalue weighted by Gasteiger charge is -2.53. The summed E-state index contributed by atoms with van der Waals surface area (Å²) in [6.45, 7) is 3.04. The molecule has 5 nitrogen and oxygen atoms in total. The van der Waals surface area contributed by atoms with Crippen molar-refractivity contribution in [3.05, 3.63) is 35.5 Å². The first-order valence-electron chi connectivity index (χ1n) is 9.75. The summed E-state index contributed by atoms with van der Waals surface area (Å²) in [6, 6.07) is 8.30. The highest BCUT2D eigenvalue weighted by molar-refractivity contribution is 5.92. The van der Waals surface area contributed by atoms with E-state index in [1.54, 1.807) is 0 Å². The predicted molar refractivity (Wildman–Crippen MR) is 98.9 cm³/mol. The molecule has 0 spiro atoms. The van der Waals surface area contributed by atoms with Crippen molar-refractivity contribution >= 4 is 16.9 Å². The highest BCUT2D eigenvalue weighted by atomic mass is 16.5. The molecule has 3 aliphatic rings. The number of aromatic nitrogens is 1. The van der Waals surface area contributed by atoms with Crippen molar-refractivity contribution in [3.8, 4) is 0 Å². The van der Waals surface area contributed by atoms with Crippen molar-refractivity contribution in [1.29, 1.82) is 0 Å². The van der Waals surface area contributed by atoms with Crippen LogP contribution in [0.2, 0.25) is 0 Å². The molecule has 26 heavy (non-hydrogen) atoms. The lowest BCUT2D eigenvalue weighted by molar-refractivity contribution is -0.158. The largest absolute Gasteiger partial charge is 0.468 e. The second kappa shape index (κ2) is 5.57. The Labute approximate surface area is 153 Å². The zero-order valence-corrected chi connectivity index (χ0v) is 15.4. The third-order valence-electron chi connectivity index (χ3n) is 7.13. The van der Waals surface area contributed by atoms with Gasteiger partial charge in [-0.1, -0.05) is 31.5 Å². The summed E-state index contributed by atoms with van der Waals surface area (Å²) in [6.07, 6.45) is 2.89. The van der Waals surface area contributed by atoms with Gasteiger partial charge in [-0.15, -0.1) is 0 Å². The molecule has 2 aliphatic heterocycles. The van der Waals surface area contributed by atoms with E-state index in [2.05, 4.69) is 28.9 Å². The number of carbonyl (C=O) groups is 1. The number of para-hydroxylation sites is 1. The van der Waals surface area contributed by atoms with Gasteiger partial charge in [-0.25, -0.2) is 0 Å². The molecule has 2 N–H and O–H groups in total. The van der Waals surface area contributed by atoms with E-state index < -0.39 is 11.6 Å². The summed E-state index contributed by atoms with van der Waals surface area (Å²) in [5, 5.41) is 16.1. The Hall–Kier alpha value is -1.85. The summed E-state index contributed by atoms with van der Waals surface area (Å²) in [4.78, 5) is 13.3. The molecule has 1 aromatic carbocycles. The third-order valence-corrected chi connectivity index (χ3v) is 7.13. The number of hydrogen-bond acceptors (Lipinski definition) is 4. The molecular formula is C21H26N2O3. The highest BCUT2D eigenvalue weighted by Gasteiger charge is 2.62. The number of hydrogen-bond donors (Lipinski definition) is 2. The van der Waals surface area contributed by atoms with Gasteiger partial charge in [0.15, 0.2) is 0 Å². The van der Waals surface area contributed by atoms with E-state index in [1.165, 1.54) is 12.7 Å². The van der Waals surface area contributed by atoms with Crippen molar-refractivity contribution in [3.63, 3.8) is 0 Å². The summed E-state index contributed by atoms with van der Waals surface area (Å²) < 4.78 is 7.45. The van der Waals surface area contributed by atoms with Crippen molar-refractivity contribution in [1.82, 2.24) is 9.88 Å². The molecular weight excluding hydrogens is 328 g/mol. The lowest BCUT2D eigenvalue weighted by atomic mass is 9.57. The van der Waals surface area contributed by atoms with Gasteiger partial charge in [0.2, 0.25) is 0 Å². The first-order chi connectivity index (χ1) is 12.6. The Morgan fingerprint density at radius 1 is 1.42 bits per heavy atom. The maximum atomic E-state index is 13.3. The average molecular weight is 354 g/mol. The number of methoxy groups -OCH3 is 1. The number of aliphatic hydroxyl groups is 1. The number of ether oxygens (including phenoxy) is 1. The second-order valence-electron chi connectivity index (χ2n) is 8.14. The SMILES string of the molecule is CC[C@H]1C[C@@H]2C[C@@]3(C(=O)OC)c4c(c5ccccc5n4C2O)CCN[C@@H]13. The molecule has 1 saturated carbocycles. The predicted octanol–water partition coefficient (Wildman–Crippen LogP) is 2.51. The first-order valence-corrected chi connectivity index (χ1v) is 9.75. The molecule has 5 heteroatoms. The van der Waals surface area contributed by atoms with Gasteiger partial charge in [0, 0.05) is 23.0 Å². The number of nitrogens with zero attached hydrogens (tertiary/aromatic N) is 1. The molecule has 1 aromatic heterocycles. The Balaban J connectivity index is 1.91. The number of rotatable bonds is 2. The van der Waals surface area contributed by atoms with E-state index in [0.29, 0.717) is 12.3 Å². The zero-order chi connectivity index (χ0) is 18.1. The van der Waals surface area contributed by atoms with Crippen LogP contribution in [0.4, 0.5) is 0 Å². The molecule has 2 aromatic rings. The van der Waals surface area contributed by atoms with Crippen LogP contribution >= 0.6 is 0 Å². The van der Waals surface area contributed by atoms with Crippen LogP contribution in [0, 0.1) is 11.8 Å². The quantitative estimate of drug-likeness (QED) is 0.814. The lowest BCUT2D eigenvalue weighted by Crippen LogP contribution is -2.63. The van der Waals surface area contributed by atoms with Gasteiger partial charge in [0.25, 0.3) is 0 Å². The topological polar surface area (TPSA) is 63.5 Å². The standard InChI is InChI=1S/C21H26N2O3/c1-3-12-10-13-11-21(20(25)26-2)17(12)22-9-8-15-14-6-4-5-7-16(14)23(18(15)21)19(13)24/h4-7,12-13,17,19,22,24H,3,8-11H2,1-2H3/t12-,13+,17-,19?,21-/m0/s1. The molecule has 1 unspecified atom stereocenters. The maximum Gasteiger partial charge on any atom is 0.319 e. The Kier molecular flexibility index (Phi) is 3.50. The Bertz CT molecular complexity index is 889. The summed E-state index contributed by atoms with van der Waals surface area (Å²) in [5.74, 6) is 0.281. The fraction of sp³-hybridized carbons (Fsp3) is 0.571. The van der Waals surface area contributed by atoms with Gasteiger partial charge in [-0.05, 0) is 43.4 Å². The summed E-state index contributed by atoms with van der Waals surface area (Å²) in [7, 11) is 1.49. The monoisotopic (exact) mass is 354 g/mol. The number of esters is 1. The van der Waals surface area contributed by atoms with Crippen LogP contribution in [0.15, 0.2) is 24.3 Å². The van der Waals surface area contributed by atoms with Gasteiger partial charge in [-0.3, -0.25) is 4.79 Å². The average Bonchev–Trinajstić information content (AvgIpc) is 2.89. The Morgan fingerprint density at radius 2 is 2.23 bits per heavy atom. The van der Waals surface area contributed by atoms with Gasteiger partial charge in [0.05, 0.1) is 12.6 Å². The smallest absolute Gasteiger partial charge is 0.319 e. The normalized spacial score (nSPS) is 35.2. The van der Waals surface area contributed by atoms with Crippen molar-refractivity contribution in [2.24, 2.45) is 11.8 Å². The van der Waals surface area contributed by atoms with Crippen LogP contribution < -0.4 is 5.32 Å². The van der Waals surface area contributed by atoms with E-state index in [0.717, 1.165) is 42.4 Å². The molecule has 0 saturated heterocycles. The van der Waals surface area contributed by atoms with Crippen molar-refractivity contribution in [2.45, 2.75) is 50.3 Å². The van der Waals surface area contributed by atoms with Crippen LogP contribution in [-0.2, 0) is 21.4 Å². The second-order valence-corrected chi connectivity index (χ2v) is 8.14. The van der Waals surface area contributed by atoms with Gasteiger partial charge < -0.3 is 19.7 Å². The number of carbonyl (C=O) groups excluding carboxylic acids is 1. The fourth-order valence-corrected chi connectivity index (χ4v) is 6.16. The maximum absolute atomic E-state index is 13.3. The molecule has 0 radical (unpaired) electrons. The van der Waals surface area contributed by atoms with E-state index in [4.69, 9.17) is 4.74 Å². The molecule has 5 rings (SSSR count). The van der Waals surface area contributed by atoms with E-state index in [9.17, 15) is 9.90 Å². The van der Waals surface area contributed by atoms with Gasteiger partial charge in [-0.2, -0.15) is 0 Å². The van der Waals surface area contributed by atoms with Crippen LogP contribution in [0.3, 0.4) is 0 Å². The minimum Gasteiger partial charge on any atom is -0.468 e. The minimum atomic E-state index is -0.706. The van der Waals surface area contributed by atoms with E-state index in [-0.39, 0.29) is 17.9 Å². The van der Waals surface area contributed by atoms with E-state index in [1.807, 2.05) is 12.1 Å². The number of benzene rings is 1. The molecule has 2 bridgehead atoms. The van der Waals surface area contributed by atoms with Crippen molar-refractivity contribution in [2.75, 3.05) is 13.7 Å². The molecule has 0 amide bonds. The fourth-order valence-electron chi connectivity index (χ4n) is 6.16. The highest BCUT2D eigenvalue weighted by Crippen LogP contribution is 2.56. The Morgan fingerprint density at radius 3 is 3.00 bits per heavy atom. The van der Waals surface area contributed by atoms with Crippen molar-refractivity contribution < 1.29 is 14.6 Å². The van der Waals surface area contributed by atoms with E-state index >= 15 is 0 Å². The van der Waals surface area contributed by atoms with Crippen LogP contribution in [0.25, 0.3) is 10.9 Å². The zero-order valence-electron chi connectivity index (χ0n) is 15.4. The molecule has 138 valence electrons. The van der Waals surface area contributed by atoms with Crippen LogP contribution in [0.5, 0.6) is 0 Å². The third kappa shape index (κ3) is 1.80. The van der Waals surface area contributed by atoms with Gasteiger partial charge in [0.1, 0.15) is 11.6 Å². The number of nitrogens with one attached hydrogen (secondary N) is 1. The molecule has 1 aliphatic carbocycles. The molecule has 3 heterocycles.